The summed E-state index contributed by atoms with van der Waals surface area (Å²) in [5, 5.41) is 0. The molecular weight excluding hydrogens is 153 g/mol. The fourth-order valence-corrected chi connectivity index (χ4v) is 1.39. The molecule has 1 rings (SSSR count). The minimum Gasteiger partial charge on any atom is -0.300 e. The van der Waals surface area contributed by atoms with Crippen molar-refractivity contribution in [2.45, 2.75) is 19.0 Å². The van der Waals surface area contributed by atoms with Gasteiger partial charge >= 0.3 is 0 Å². The van der Waals surface area contributed by atoms with Gasteiger partial charge < -0.3 is 4.90 Å². The van der Waals surface area contributed by atoms with E-state index in [4.69, 9.17) is 11.6 Å². The predicted octanol–water partition coefficient (Wildman–Crippen LogP) is 1.66. The number of hydrogen-bond donors (Lipinski definition) is 0. The van der Waals surface area contributed by atoms with Crippen molar-refractivity contribution in [3.63, 3.8) is 0 Å². The molecule has 3 heteroatoms. The lowest BCUT2D eigenvalue weighted by atomic mass is 10.3. The number of nitrogens with zero attached hydrogens (tertiary/aromatic N) is 1. The standard InChI is InChI=1S/C7H13ClFN/c8-3-1-4-10-5-2-7(9)6-10/h7H,1-6H2. The Bertz CT molecular complexity index is 99.6. The van der Waals surface area contributed by atoms with Crippen LogP contribution in [-0.2, 0) is 0 Å². The van der Waals surface area contributed by atoms with Gasteiger partial charge in [0.05, 0.1) is 0 Å². The van der Waals surface area contributed by atoms with Crippen LogP contribution in [0.3, 0.4) is 0 Å². The van der Waals surface area contributed by atoms with Crippen LogP contribution in [0.15, 0.2) is 0 Å². The molecule has 0 spiro atoms. The molecule has 10 heavy (non-hydrogen) atoms. The molecule has 1 heterocycles. The molecule has 1 unspecified atom stereocenters. The van der Waals surface area contributed by atoms with Crippen LogP contribution in [0, 0.1) is 0 Å². The molecule has 1 fully saturated rings. The summed E-state index contributed by atoms with van der Waals surface area (Å²) in [6.07, 6.45) is 1.10. The Balaban J connectivity index is 2.06. The monoisotopic (exact) mass is 165 g/mol. The largest absolute Gasteiger partial charge is 0.300 e. The van der Waals surface area contributed by atoms with Gasteiger partial charge in [-0.05, 0) is 19.4 Å². The lowest BCUT2D eigenvalue weighted by molar-refractivity contribution is 0.289. The average Bonchev–Trinajstić information content (AvgIpc) is 2.31. The zero-order valence-electron chi connectivity index (χ0n) is 6.02. The van der Waals surface area contributed by atoms with Crippen molar-refractivity contribution < 1.29 is 4.39 Å². The van der Waals surface area contributed by atoms with E-state index >= 15 is 0 Å². The Morgan fingerprint density at radius 3 is 2.90 bits per heavy atom. The van der Waals surface area contributed by atoms with Gasteiger partial charge in [-0.2, -0.15) is 0 Å². The molecule has 0 aliphatic carbocycles. The number of rotatable bonds is 3. The predicted molar refractivity (Wildman–Crippen MR) is 41.3 cm³/mol. The molecule has 1 aliphatic rings. The maximum atomic E-state index is 12.5. The average molecular weight is 166 g/mol. The van der Waals surface area contributed by atoms with Gasteiger partial charge in [0.25, 0.3) is 0 Å². The molecule has 60 valence electrons. The highest BCUT2D eigenvalue weighted by atomic mass is 35.5. The summed E-state index contributed by atoms with van der Waals surface area (Å²) in [6.45, 7) is 2.50. The minimum atomic E-state index is -0.588. The molecule has 1 saturated heterocycles. The summed E-state index contributed by atoms with van der Waals surface area (Å²) in [7, 11) is 0. The Morgan fingerprint density at radius 1 is 1.60 bits per heavy atom. The third-order valence-electron chi connectivity index (χ3n) is 1.82. The van der Waals surface area contributed by atoms with E-state index in [0.717, 1.165) is 19.5 Å². The van der Waals surface area contributed by atoms with Crippen molar-refractivity contribution in [1.82, 2.24) is 4.90 Å². The van der Waals surface area contributed by atoms with Gasteiger partial charge in [-0.15, -0.1) is 11.6 Å². The van der Waals surface area contributed by atoms with E-state index in [1.54, 1.807) is 0 Å². The van der Waals surface area contributed by atoms with Crippen LogP contribution in [-0.4, -0.2) is 36.6 Å². The van der Waals surface area contributed by atoms with E-state index in [-0.39, 0.29) is 0 Å². The fourth-order valence-electron chi connectivity index (χ4n) is 1.27. The Hall–Kier alpha value is 0.180. The van der Waals surface area contributed by atoms with E-state index in [1.165, 1.54) is 0 Å². The Morgan fingerprint density at radius 2 is 2.40 bits per heavy atom. The maximum Gasteiger partial charge on any atom is 0.114 e. The van der Waals surface area contributed by atoms with Crippen LogP contribution in [0.5, 0.6) is 0 Å². The molecule has 0 radical (unpaired) electrons. The van der Waals surface area contributed by atoms with Gasteiger partial charge in [-0.25, -0.2) is 4.39 Å². The highest BCUT2D eigenvalue weighted by Crippen LogP contribution is 2.11. The molecule has 0 bridgehead atoms. The number of likely N-dealkylation sites (tertiary alicyclic amines) is 1. The van der Waals surface area contributed by atoms with Crippen LogP contribution >= 0.6 is 11.6 Å². The Labute approximate surface area is 66.2 Å². The first-order valence-electron chi connectivity index (χ1n) is 3.75. The van der Waals surface area contributed by atoms with Crippen molar-refractivity contribution in [2.24, 2.45) is 0 Å². The summed E-state index contributed by atoms with van der Waals surface area (Å²) in [4.78, 5) is 2.13. The molecule has 0 saturated carbocycles. The molecular formula is C7H13ClFN. The van der Waals surface area contributed by atoms with Gasteiger partial charge in [0.15, 0.2) is 0 Å². The SMILES string of the molecule is FC1CCN(CCCCl)C1. The van der Waals surface area contributed by atoms with Crippen LogP contribution < -0.4 is 0 Å². The lowest BCUT2D eigenvalue weighted by Gasteiger charge is -2.12. The van der Waals surface area contributed by atoms with Gasteiger partial charge in [0.2, 0.25) is 0 Å². The highest BCUT2D eigenvalue weighted by Gasteiger charge is 2.20. The number of hydrogen-bond acceptors (Lipinski definition) is 1. The summed E-state index contributed by atoms with van der Waals surface area (Å²) < 4.78 is 12.5. The van der Waals surface area contributed by atoms with Crippen molar-refractivity contribution >= 4 is 11.6 Å². The highest BCUT2D eigenvalue weighted by molar-refractivity contribution is 6.17. The molecule has 1 nitrogen and oxygen atoms in total. The van der Waals surface area contributed by atoms with Gasteiger partial charge in [-0.3, -0.25) is 0 Å². The molecule has 0 aromatic carbocycles. The second kappa shape index (κ2) is 4.14. The minimum absolute atomic E-state index is 0.588. The zero-order valence-corrected chi connectivity index (χ0v) is 6.78. The molecule has 0 aromatic heterocycles. The summed E-state index contributed by atoms with van der Waals surface area (Å²) in [5.41, 5.74) is 0. The van der Waals surface area contributed by atoms with E-state index in [0.29, 0.717) is 18.8 Å². The van der Waals surface area contributed by atoms with Crippen molar-refractivity contribution in [1.29, 1.82) is 0 Å². The number of alkyl halides is 2. The van der Waals surface area contributed by atoms with Crippen molar-refractivity contribution in [3.8, 4) is 0 Å². The molecule has 1 aliphatic heterocycles. The smallest absolute Gasteiger partial charge is 0.114 e. The van der Waals surface area contributed by atoms with Crippen LogP contribution in [0.2, 0.25) is 0 Å². The van der Waals surface area contributed by atoms with Crippen LogP contribution in [0.1, 0.15) is 12.8 Å². The maximum absolute atomic E-state index is 12.5. The van der Waals surface area contributed by atoms with Crippen LogP contribution in [0.25, 0.3) is 0 Å². The second-order valence-corrected chi connectivity index (χ2v) is 3.11. The lowest BCUT2D eigenvalue weighted by Crippen LogP contribution is -2.22. The normalized spacial score (nSPS) is 27.6. The molecule has 0 aromatic rings. The molecule has 0 amide bonds. The van der Waals surface area contributed by atoms with E-state index < -0.39 is 6.17 Å². The first-order valence-corrected chi connectivity index (χ1v) is 4.29. The van der Waals surface area contributed by atoms with Gasteiger partial charge in [-0.1, -0.05) is 0 Å². The third kappa shape index (κ3) is 2.43. The van der Waals surface area contributed by atoms with Crippen LogP contribution in [0.4, 0.5) is 4.39 Å². The molecule has 1 atom stereocenters. The van der Waals surface area contributed by atoms with Crippen molar-refractivity contribution in [2.75, 3.05) is 25.5 Å². The first kappa shape index (κ1) is 8.28. The Kier molecular flexibility index (Phi) is 3.43. The summed E-state index contributed by atoms with van der Waals surface area (Å²) in [5.74, 6) is 0.688. The zero-order chi connectivity index (χ0) is 7.40. The van der Waals surface area contributed by atoms with Crippen molar-refractivity contribution in [3.05, 3.63) is 0 Å². The van der Waals surface area contributed by atoms with Gasteiger partial charge in [0.1, 0.15) is 6.17 Å². The second-order valence-electron chi connectivity index (χ2n) is 2.73. The summed E-state index contributed by atoms with van der Waals surface area (Å²) >= 11 is 5.50. The quantitative estimate of drug-likeness (QED) is 0.575. The van der Waals surface area contributed by atoms with E-state index in [9.17, 15) is 4.39 Å². The fraction of sp³-hybridized carbons (Fsp3) is 1.00. The van der Waals surface area contributed by atoms with E-state index in [2.05, 4.69) is 4.90 Å². The third-order valence-corrected chi connectivity index (χ3v) is 2.09. The number of halogens is 2. The topological polar surface area (TPSA) is 3.24 Å². The summed E-state index contributed by atoms with van der Waals surface area (Å²) in [6, 6.07) is 0. The molecule has 0 N–H and O–H groups in total. The van der Waals surface area contributed by atoms with E-state index in [1.807, 2.05) is 0 Å². The van der Waals surface area contributed by atoms with Gasteiger partial charge in [0, 0.05) is 19.0 Å². The first-order chi connectivity index (χ1) is 4.83.